The van der Waals surface area contributed by atoms with Gasteiger partial charge >= 0.3 is 0 Å². The molecule has 0 spiro atoms. The van der Waals surface area contributed by atoms with Crippen LogP contribution in [0.25, 0.3) is 0 Å². The summed E-state index contributed by atoms with van der Waals surface area (Å²) in [5, 5.41) is 3.44. The number of nitrogens with one attached hydrogen (secondary N) is 1. The molecule has 140 valence electrons. The Hall–Kier alpha value is -1.85. The molecule has 2 nitrogen and oxygen atoms in total. The summed E-state index contributed by atoms with van der Waals surface area (Å²) in [5.74, 6) is 0.441. The van der Waals surface area contributed by atoms with Crippen LogP contribution in [0.5, 0.6) is 5.75 Å². The number of anilines is 1. The molecule has 5 heteroatoms. The summed E-state index contributed by atoms with van der Waals surface area (Å²) >= 11 is 7.15. The highest BCUT2D eigenvalue weighted by Gasteiger charge is 2.10. The molecule has 0 amide bonds. The highest BCUT2D eigenvalue weighted by molar-refractivity contribution is 9.11. The van der Waals surface area contributed by atoms with Crippen molar-refractivity contribution in [1.29, 1.82) is 0 Å². The molecule has 0 aromatic heterocycles. The van der Waals surface area contributed by atoms with Crippen LogP contribution in [-0.2, 0) is 13.2 Å². The molecule has 0 atom stereocenters. The Morgan fingerprint density at radius 2 is 1.63 bits per heavy atom. The second-order valence-corrected chi connectivity index (χ2v) is 8.17. The summed E-state index contributed by atoms with van der Waals surface area (Å²) in [4.78, 5) is 0. The molecule has 0 aliphatic heterocycles. The van der Waals surface area contributed by atoms with Crippen molar-refractivity contribution in [3.05, 3.63) is 91.6 Å². The van der Waals surface area contributed by atoms with E-state index in [1.165, 1.54) is 23.3 Å². The lowest BCUT2D eigenvalue weighted by atomic mass is 10.1. The van der Waals surface area contributed by atoms with E-state index in [9.17, 15) is 4.39 Å². The van der Waals surface area contributed by atoms with Gasteiger partial charge in [0.05, 0.1) is 8.95 Å². The minimum absolute atomic E-state index is 0.262. The van der Waals surface area contributed by atoms with Crippen molar-refractivity contribution < 1.29 is 9.13 Å². The van der Waals surface area contributed by atoms with Gasteiger partial charge in [0.2, 0.25) is 0 Å². The zero-order valence-corrected chi connectivity index (χ0v) is 18.3. The Morgan fingerprint density at radius 1 is 0.889 bits per heavy atom. The lowest BCUT2D eigenvalue weighted by Gasteiger charge is -2.14. The first-order chi connectivity index (χ1) is 12.9. The normalized spacial score (nSPS) is 10.7. The fourth-order valence-electron chi connectivity index (χ4n) is 2.69. The van der Waals surface area contributed by atoms with Crippen molar-refractivity contribution in [3.8, 4) is 5.75 Å². The van der Waals surface area contributed by atoms with Crippen LogP contribution >= 0.6 is 31.9 Å². The van der Waals surface area contributed by atoms with Gasteiger partial charge in [0, 0.05) is 12.2 Å². The van der Waals surface area contributed by atoms with Crippen LogP contribution in [0.4, 0.5) is 10.1 Å². The van der Waals surface area contributed by atoms with E-state index in [2.05, 4.69) is 69.2 Å². The Balaban J connectivity index is 1.67. The molecular formula is C22H20Br2FNO. The van der Waals surface area contributed by atoms with Gasteiger partial charge in [-0.2, -0.15) is 0 Å². The molecule has 0 aliphatic carbocycles. The Bertz CT molecular complexity index is 936. The zero-order valence-electron chi connectivity index (χ0n) is 15.2. The summed E-state index contributed by atoms with van der Waals surface area (Å²) in [6.45, 7) is 5.22. The van der Waals surface area contributed by atoms with E-state index in [0.29, 0.717) is 18.9 Å². The number of benzene rings is 3. The predicted molar refractivity (Wildman–Crippen MR) is 116 cm³/mol. The molecular weight excluding hydrogens is 473 g/mol. The largest absolute Gasteiger partial charge is 0.487 e. The highest BCUT2D eigenvalue weighted by Crippen LogP contribution is 2.35. The third-order valence-electron chi connectivity index (χ3n) is 4.33. The predicted octanol–water partition coefficient (Wildman–Crippen LogP) is 7.16. The van der Waals surface area contributed by atoms with E-state index in [1.807, 2.05) is 18.2 Å². The smallest absolute Gasteiger partial charge is 0.148 e. The summed E-state index contributed by atoms with van der Waals surface area (Å²) in [5.41, 5.74) is 5.55. The van der Waals surface area contributed by atoms with E-state index in [4.69, 9.17) is 4.74 Å². The number of aryl methyl sites for hydroxylation is 2. The van der Waals surface area contributed by atoms with Crippen molar-refractivity contribution in [2.24, 2.45) is 0 Å². The SMILES string of the molecule is Cc1ccc(NCc2cc(Br)c(OCc3cccc(F)c3)c(Br)c2)cc1C. The molecule has 0 fully saturated rings. The molecule has 3 rings (SSSR count). The molecule has 3 aromatic carbocycles. The van der Waals surface area contributed by atoms with E-state index in [0.717, 1.165) is 25.8 Å². The van der Waals surface area contributed by atoms with Crippen LogP contribution in [0.2, 0.25) is 0 Å². The van der Waals surface area contributed by atoms with Crippen LogP contribution in [-0.4, -0.2) is 0 Å². The van der Waals surface area contributed by atoms with Gasteiger partial charge in [-0.25, -0.2) is 4.39 Å². The van der Waals surface area contributed by atoms with Gasteiger partial charge < -0.3 is 10.1 Å². The molecule has 0 heterocycles. The monoisotopic (exact) mass is 491 g/mol. The summed E-state index contributed by atoms with van der Waals surface area (Å²) in [7, 11) is 0. The van der Waals surface area contributed by atoms with Gasteiger partial charge in [-0.3, -0.25) is 0 Å². The molecule has 0 aliphatic rings. The van der Waals surface area contributed by atoms with Crippen molar-refractivity contribution in [3.63, 3.8) is 0 Å². The number of rotatable bonds is 6. The maximum Gasteiger partial charge on any atom is 0.148 e. The number of hydrogen-bond donors (Lipinski definition) is 1. The van der Waals surface area contributed by atoms with Crippen LogP contribution in [0, 0.1) is 19.7 Å². The minimum Gasteiger partial charge on any atom is -0.487 e. The van der Waals surface area contributed by atoms with Crippen LogP contribution in [0.3, 0.4) is 0 Å². The standard InChI is InChI=1S/C22H20Br2FNO/c1-14-6-7-19(8-15(14)2)26-12-17-10-20(23)22(21(24)11-17)27-13-16-4-3-5-18(25)9-16/h3-11,26H,12-13H2,1-2H3. The van der Waals surface area contributed by atoms with Crippen LogP contribution in [0.15, 0.2) is 63.5 Å². The lowest BCUT2D eigenvalue weighted by molar-refractivity contribution is 0.301. The van der Waals surface area contributed by atoms with Gasteiger partial charge in [0.15, 0.2) is 0 Å². The molecule has 0 saturated carbocycles. The van der Waals surface area contributed by atoms with Gasteiger partial charge in [-0.05, 0) is 104 Å². The highest BCUT2D eigenvalue weighted by atomic mass is 79.9. The van der Waals surface area contributed by atoms with Crippen molar-refractivity contribution in [1.82, 2.24) is 0 Å². The average molecular weight is 493 g/mol. The molecule has 0 radical (unpaired) electrons. The van der Waals surface area contributed by atoms with Crippen LogP contribution < -0.4 is 10.1 Å². The maximum atomic E-state index is 13.3. The quantitative estimate of drug-likeness (QED) is 0.394. The second kappa shape index (κ2) is 8.89. The molecule has 0 unspecified atom stereocenters. The summed E-state index contributed by atoms with van der Waals surface area (Å²) in [6.07, 6.45) is 0. The molecule has 1 N–H and O–H groups in total. The fraction of sp³-hybridized carbons (Fsp3) is 0.182. The van der Waals surface area contributed by atoms with E-state index in [1.54, 1.807) is 6.07 Å². The van der Waals surface area contributed by atoms with Crippen molar-refractivity contribution in [2.45, 2.75) is 27.0 Å². The molecule has 0 saturated heterocycles. The number of ether oxygens (including phenoxy) is 1. The summed E-state index contributed by atoms with van der Waals surface area (Å²) < 4.78 is 20.9. The average Bonchev–Trinajstić information content (AvgIpc) is 2.62. The van der Waals surface area contributed by atoms with Crippen LogP contribution in [0.1, 0.15) is 22.3 Å². The van der Waals surface area contributed by atoms with Gasteiger partial charge in [-0.15, -0.1) is 0 Å². The third kappa shape index (κ3) is 5.33. The Labute approximate surface area is 176 Å². The Morgan fingerprint density at radius 3 is 2.30 bits per heavy atom. The first kappa shape index (κ1) is 19.9. The first-order valence-corrected chi connectivity index (χ1v) is 10.2. The third-order valence-corrected chi connectivity index (χ3v) is 5.51. The fourth-order valence-corrected chi connectivity index (χ4v) is 4.20. The lowest BCUT2D eigenvalue weighted by Crippen LogP contribution is -2.02. The minimum atomic E-state index is -0.262. The summed E-state index contributed by atoms with van der Waals surface area (Å²) in [6, 6.07) is 16.8. The number of halogens is 3. The van der Waals surface area contributed by atoms with Crippen molar-refractivity contribution in [2.75, 3.05) is 5.32 Å². The van der Waals surface area contributed by atoms with E-state index < -0.39 is 0 Å². The number of hydrogen-bond acceptors (Lipinski definition) is 2. The zero-order chi connectivity index (χ0) is 19.4. The topological polar surface area (TPSA) is 21.3 Å². The molecule has 27 heavy (non-hydrogen) atoms. The second-order valence-electron chi connectivity index (χ2n) is 6.46. The van der Waals surface area contributed by atoms with E-state index in [-0.39, 0.29) is 5.82 Å². The maximum absolute atomic E-state index is 13.3. The van der Waals surface area contributed by atoms with Crippen molar-refractivity contribution >= 4 is 37.5 Å². The molecule has 3 aromatic rings. The molecule has 0 bridgehead atoms. The van der Waals surface area contributed by atoms with Gasteiger partial charge in [-0.1, -0.05) is 18.2 Å². The Kier molecular flexibility index (Phi) is 6.55. The first-order valence-electron chi connectivity index (χ1n) is 8.58. The van der Waals surface area contributed by atoms with Gasteiger partial charge in [0.1, 0.15) is 18.2 Å². The van der Waals surface area contributed by atoms with E-state index >= 15 is 0 Å². The van der Waals surface area contributed by atoms with Gasteiger partial charge in [0.25, 0.3) is 0 Å².